The monoisotopic (exact) mass is 472 g/mol. The summed E-state index contributed by atoms with van der Waals surface area (Å²) in [6, 6.07) is 10.2. The zero-order valence-corrected chi connectivity index (χ0v) is 17.7. The van der Waals surface area contributed by atoms with Gasteiger partial charge in [-0.2, -0.15) is 5.10 Å². The van der Waals surface area contributed by atoms with Crippen molar-refractivity contribution in [2.75, 3.05) is 0 Å². The molecule has 0 unspecified atom stereocenters. The summed E-state index contributed by atoms with van der Waals surface area (Å²) in [6.45, 7) is 2.55. The molecule has 0 aliphatic carbocycles. The average Bonchev–Trinajstić information content (AvgIpc) is 3.08. The number of benzene rings is 2. The lowest BCUT2D eigenvalue weighted by atomic mass is 10.2. The van der Waals surface area contributed by atoms with Gasteiger partial charge < -0.3 is 10.1 Å². The van der Waals surface area contributed by atoms with Gasteiger partial charge in [-0.25, -0.2) is 9.67 Å². The van der Waals surface area contributed by atoms with Crippen LogP contribution in [0.4, 0.5) is 13.2 Å². The second-order valence-electron chi connectivity index (χ2n) is 6.47. The Kier molecular flexibility index (Phi) is 7.07. The second kappa shape index (κ2) is 9.57. The highest BCUT2D eigenvalue weighted by Crippen LogP contribution is 2.25. The van der Waals surface area contributed by atoms with Crippen molar-refractivity contribution in [3.05, 3.63) is 63.9 Å². The van der Waals surface area contributed by atoms with E-state index in [0.717, 1.165) is 5.56 Å². The number of aromatic nitrogens is 3. The predicted octanol–water partition coefficient (Wildman–Crippen LogP) is 5.03. The highest BCUT2D eigenvalue weighted by molar-refractivity contribution is 6.34. The molecule has 6 nitrogen and oxygen atoms in total. The van der Waals surface area contributed by atoms with E-state index in [1.54, 1.807) is 22.9 Å². The van der Waals surface area contributed by atoms with Crippen LogP contribution in [0.3, 0.4) is 0 Å². The van der Waals surface area contributed by atoms with Crippen molar-refractivity contribution in [2.24, 2.45) is 0 Å². The SMILES string of the molecule is CCn1nc(-c2ccc(OC(F)(F)F)cc2)nc1CC(=O)NCc1cc(Cl)cc(Cl)c1. The standard InChI is InChI=1S/C20H17Cl2F3N4O2/c1-2-29-17(10-18(30)26-11-12-7-14(21)9-15(22)8-12)27-19(28-29)13-3-5-16(6-4-13)31-20(23,24)25/h3-9H,2,10-11H2,1H3,(H,26,30). The summed E-state index contributed by atoms with van der Waals surface area (Å²) in [5.41, 5.74) is 1.25. The van der Waals surface area contributed by atoms with E-state index in [4.69, 9.17) is 23.2 Å². The summed E-state index contributed by atoms with van der Waals surface area (Å²) >= 11 is 11.9. The van der Waals surface area contributed by atoms with Gasteiger partial charge in [-0.05, 0) is 55.0 Å². The first-order valence-corrected chi connectivity index (χ1v) is 9.90. The summed E-state index contributed by atoms with van der Waals surface area (Å²) in [5.74, 6) is 0.102. The summed E-state index contributed by atoms with van der Waals surface area (Å²) < 4.78 is 42.3. The van der Waals surface area contributed by atoms with Crippen molar-refractivity contribution < 1.29 is 22.7 Å². The normalized spacial score (nSPS) is 11.4. The fourth-order valence-electron chi connectivity index (χ4n) is 2.81. The fraction of sp³-hybridized carbons (Fsp3) is 0.250. The maximum Gasteiger partial charge on any atom is 0.573 e. The van der Waals surface area contributed by atoms with E-state index in [0.29, 0.717) is 33.8 Å². The molecule has 0 bridgehead atoms. The molecule has 0 fully saturated rings. The molecule has 31 heavy (non-hydrogen) atoms. The number of aryl methyl sites for hydroxylation is 1. The molecule has 164 valence electrons. The van der Waals surface area contributed by atoms with Crippen molar-refractivity contribution in [3.8, 4) is 17.1 Å². The Bertz CT molecular complexity index is 1050. The van der Waals surface area contributed by atoms with Crippen molar-refractivity contribution in [1.82, 2.24) is 20.1 Å². The number of hydrogen-bond donors (Lipinski definition) is 1. The minimum absolute atomic E-state index is 0.0234. The van der Waals surface area contributed by atoms with E-state index in [1.165, 1.54) is 24.3 Å². The smallest absolute Gasteiger partial charge is 0.406 e. The van der Waals surface area contributed by atoms with E-state index in [1.807, 2.05) is 6.92 Å². The molecule has 0 radical (unpaired) electrons. The lowest BCUT2D eigenvalue weighted by Gasteiger charge is -2.08. The summed E-state index contributed by atoms with van der Waals surface area (Å²) in [7, 11) is 0. The van der Waals surface area contributed by atoms with Gasteiger partial charge >= 0.3 is 6.36 Å². The third-order valence-electron chi connectivity index (χ3n) is 4.12. The second-order valence-corrected chi connectivity index (χ2v) is 7.34. The number of rotatable bonds is 7. The van der Waals surface area contributed by atoms with Gasteiger partial charge in [-0.3, -0.25) is 4.79 Å². The summed E-state index contributed by atoms with van der Waals surface area (Å²) in [5, 5.41) is 8.04. The van der Waals surface area contributed by atoms with Crippen molar-refractivity contribution in [3.63, 3.8) is 0 Å². The summed E-state index contributed by atoms with van der Waals surface area (Å²) in [4.78, 5) is 16.7. The molecule has 0 saturated carbocycles. The molecule has 2 aromatic carbocycles. The Balaban J connectivity index is 1.67. The molecule has 1 aromatic heterocycles. The maximum absolute atomic E-state index is 12.4. The fourth-order valence-corrected chi connectivity index (χ4v) is 3.38. The molecule has 11 heteroatoms. The lowest BCUT2D eigenvalue weighted by molar-refractivity contribution is -0.274. The van der Waals surface area contributed by atoms with Crippen LogP contribution < -0.4 is 10.1 Å². The van der Waals surface area contributed by atoms with Crippen molar-refractivity contribution in [2.45, 2.75) is 32.8 Å². The Labute approximate surface area is 185 Å². The maximum atomic E-state index is 12.4. The van der Waals surface area contributed by atoms with Gasteiger partial charge in [0.05, 0.1) is 6.42 Å². The molecule has 3 aromatic rings. The number of ether oxygens (including phenoxy) is 1. The van der Waals surface area contributed by atoms with E-state index >= 15 is 0 Å². The molecule has 3 rings (SSSR count). The van der Waals surface area contributed by atoms with Crippen molar-refractivity contribution in [1.29, 1.82) is 0 Å². The van der Waals surface area contributed by atoms with Gasteiger partial charge in [-0.1, -0.05) is 23.2 Å². The largest absolute Gasteiger partial charge is 0.573 e. The van der Waals surface area contributed by atoms with Gasteiger partial charge in [-0.15, -0.1) is 13.2 Å². The van der Waals surface area contributed by atoms with Crippen LogP contribution in [0.15, 0.2) is 42.5 Å². The van der Waals surface area contributed by atoms with E-state index in [9.17, 15) is 18.0 Å². The molecular weight excluding hydrogens is 456 g/mol. The molecule has 0 atom stereocenters. The molecule has 1 amide bonds. The van der Waals surface area contributed by atoms with Gasteiger partial charge in [0.2, 0.25) is 5.91 Å². The van der Waals surface area contributed by atoms with Crippen LogP contribution in [0.2, 0.25) is 10.0 Å². The molecule has 1 heterocycles. The van der Waals surface area contributed by atoms with Crippen LogP contribution in [0.5, 0.6) is 5.75 Å². The van der Waals surface area contributed by atoms with Gasteiger partial charge in [0.15, 0.2) is 5.82 Å². The predicted molar refractivity (Wildman–Crippen MR) is 110 cm³/mol. The molecule has 0 spiro atoms. The number of carbonyl (C=O) groups is 1. The Morgan fingerprint density at radius 3 is 2.35 bits per heavy atom. The number of carbonyl (C=O) groups excluding carboxylic acids is 1. The number of alkyl halides is 3. The van der Waals surface area contributed by atoms with E-state index < -0.39 is 6.36 Å². The van der Waals surface area contributed by atoms with E-state index in [2.05, 4.69) is 20.1 Å². The topological polar surface area (TPSA) is 69.0 Å². The molecule has 0 aliphatic rings. The highest BCUT2D eigenvalue weighted by atomic mass is 35.5. The van der Waals surface area contributed by atoms with Gasteiger partial charge in [0.1, 0.15) is 11.6 Å². The summed E-state index contributed by atoms with van der Waals surface area (Å²) in [6.07, 6.45) is -4.79. The molecule has 0 aliphatic heterocycles. The van der Waals surface area contributed by atoms with Crippen molar-refractivity contribution >= 4 is 29.1 Å². The third kappa shape index (κ3) is 6.60. The first-order chi connectivity index (χ1) is 14.6. The van der Waals surface area contributed by atoms with Gasteiger partial charge in [0, 0.05) is 28.7 Å². The van der Waals surface area contributed by atoms with Crippen LogP contribution in [-0.4, -0.2) is 27.0 Å². The van der Waals surface area contributed by atoms with Crippen LogP contribution in [0.1, 0.15) is 18.3 Å². The molecule has 0 saturated heterocycles. The zero-order chi connectivity index (χ0) is 22.6. The first-order valence-electron chi connectivity index (χ1n) is 9.14. The number of halogens is 5. The molecule has 1 N–H and O–H groups in total. The third-order valence-corrected chi connectivity index (χ3v) is 4.56. The lowest BCUT2D eigenvalue weighted by Crippen LogP contribution is -2.26. The number of hydrogen-bond acceptors (Lipinski definition) is 4. The Morgan fingerprint density at radius 2 is 1.77 bits per heavy atom. The van der Waals surface area contributed by atoms with Gasteiger partial charge in [0.25, 0.3) is 0 Å². The van der Waals surface area contributed by atoms with Crippen LogP contribution in [0.25, 0.3) is 11.4 Å². The first kappa shape index (κ1) is 22.9. The van der Waals surface area contributed by atoms with Crippen LogP contribution in [-0.2, 0) is 24.3 Å². The number of nitrogens with zero attached hydrogens (tertiary/aromatic N) is 3. The minimum Gasteiger partial charge on any atom is -0.406 e. The Hall–Kier alpha value is -2.78. The molecular formula is C20H17Cl2F3N4O2. The quantitative estimate of drug-likeness (QED) is 0.523. The Morgan fingerprint density at radius 1 is 1.13 bits per heavy atom. The zero-order valence-electron chi connectivity index (χ0n) is 16.2. The minimum atomic E-state index is -4.76. The van der Waals surface area contributed by atoms with Crippen LogP contribution >= 0.6 is 23.2 Å². The number of amides is 1. The number of nitrogens with one attached hydrogen (secondary N) is 1. The highest BCUT2D eigenvalue weighted by Gasteiger charge is 2.31. The van der Waals surface area contributed by atoms with Crippen LogP contribution in [0, 0.1) is 0 Å². The average molecular weight is 473 g/mol. The van der Waals surface area contributed by atoms with E-state index in [-0.39, 0.29) is 24.6 Å².